The Morgan fingerprint density at radius 1 is 1.27 bits per heavy atom. The van der Waals surface area contributed by atoms with Crippen molar-refractivity contribution >= 4 is 29.4 Å². The van der Waals surface area contributed by atoms with Crippen LogP contribution in [0.4, 0.5) is 30.5 Å². The quantitative estimate of drug-likeness (QED) is 0.540. The van der Waals surface area contributed by atoms with Crippen LogP contribution in [0, 0.1) is 18.3 Å². The minimum atomic E-state index is -4.91. The number of amides is 1. The van der Waals surface area contributed by atoms with E-state index < -0.39 is 23.3 Å². The van der Waals surface area contributed by atoms with Gasteiger partial charge in [-0.05, 0) is 24.6 Å². The predicted octanol–water partition coefficient (Wildman–Crippen LogP) is 2.01. The number of nitriles is 1. The molecule has 0 aromatic carbocycles. The molecule has 0 saturated heterocycles. The highest BCUT2D eigenvalue weighted by Gasteiger charge is 2.41. The minimum Gasteiger partial charge on any atom is -0.384 e. The largest absolute Gasteiger partial charge is 0.434 e. The smallest absolute Gasteiger partial charge is 0.384 e. The van der Waals surface area contributed by atoms with Gasteiger partial charge in [0.05, 0.1) is 42.1 Å². The van der Waals surface area contributed by atoms with Gasteiger partial charge in [0.15, 0.2) is 11.5 Å². The summed E-state index contributed by atoms with van der Waals surface area (Å²) in [5.74, 6) is -0.765. The van der Waals surface area contributed by atoms with Crippen LogP contribution in [0.15, 0.2) is 35.8 Å². The lowest BCUT2D eigenvalue weighted by Gasteiger charge is -2.15. The Kier molecular flexibility index (Phi) is 5.40. The Hall–Kier alpha value is -4.51. The fourth-order valence-corrected chi connectivity index (χ4v) is 3.16. The Bertz CT molecular complexity index is 1310. The van der Waals surface area contributed by atoms with E-state index in [9.17, 15) is 23.2 Å². The molecule has 0 radical (unpaired) electrons. The molecule has 14 heteroatoms. The molecule has 0 fully saturated rings. The molecule has 33 heavy (non-hydrogen) atoms. The van der Waals surface area contributed by atoms with Crippen LogP contribution in [0.3, 0.4) is 0 Å². The number of carbonyl (C=O) groups is 1. The average molecular weight is 456 g/mol. The van der Waals surface area contributed by atoms with Gasteiger partial charge in [-0.3, -0.25) is 4.79 Å². The lowest BCUT2D eigenvalue weighted by Crippen LogP contribution is -2.29. The lowest BCUT2D eigenvalue weighted by molar-refractivity contribution is -0.143. The fourth-order valence-electron chi connectivity index (χ4n) is 3.16. The van der Waals surface area contributed by atoms with Crippen LogP contribution in [0.1, 0.15) is 27.2 Å². The second kappa shape index (κ2) is 8.20. The number of hydrogen-bond acceptors (Lipinski definition) is 9. The number of nitrogen functional groups attached to an aromatic ring is 1. The molecule has 168 valence electrons. The topological polar surface area (TPSA) is 150 Å². The summed E-state index contributed by atoms with van der Waals surface area (Å²) in [6.07, 6.45) is -0.187. The monoisotopic (exact) mass is 456 g/mol. The van der Waals surface area contributed by atoms with Gasteiger partial charge in [-0.15, -0.1) is 0 Å². The first-order chi connectivity index (χ1) is 15.7. The molecule has 0 unspecified atom stereocenters. The Balaban J connectivity index is 1.68. The summed E-state index contributed by atoms with van der Waals surface area (Å²) >= 11 is 0. The third kappa shape index (κ3) is 4.16. The van der Waals surface area contributed by atoms with E-state index in [1.54, 1.807) is 13.1 Å². The molecule has 4 heterocycles. The first-order valence-corrected chi connectivity index (χ1v) is 9.34. The van der Waals surface area contributed by atoms with Crippen LogP contribution >= 0.6 is 0 Å². The molecule has 0 saturated carbocycles. The normalized spacial score (nSPS) is 13.2. The van der Waals surface area contributed by atoms with Crippen molar-refractivity contribution in [1.82, 2.24) is 25.2 Å². The summed E-state index contributed by atoms with van der Waals surface area (Å²) in [4.78, 5) is 20.6. The van der Waals surface area contributed by atoms with Gasteiger partial charge >= 0.3 is 6.18 Å². The van der Waals surface area contributed by atoms with E-state index in [-0.39, 0.29) is 28.6 Å². The molecule has 1 aliphatic heterocycles. The van der Waals surface area contributed by atoms with E-state index in [0.29, 0.717) is 16.8 Å². The molecular formula is C19H15F3N10O. The third-order valence-electron chi connectivity index (χ3n) is 4.59. The van der Waals surface area contributed by atoms with E-state index in [2.05, 4.69) is 30.9 Å². The maximum absolute atomic E-state index is 13.9. The highest BCUT2D eigenvalue weighted by molar-refractivity contribution is 6.05. The molecule has 0 atom stereocenters. The van der Waals surface area contributed by atoms with Crippen LogP contribution in [0.25, 0.3) is 5.69 Å². The van der Waals surface area contributed by atoms with E-state index in [1.165, 1.54) is 23.4 Å². The summed E-state index contributed by atoms with van der Waals surface area (Å²) in [6.45, 7) is 1.99. The number of aryl methyl sites for hydroxylation is 1. The van der Waals surface area contributed by atoms with Gasteiger partial charge in [0.1, 0.15) is 17.5 Å². The maximum atomic E-state index is 13.9. The number of hydrazine groups is 1. The van der Waals surface area contributed by atoms with Crippen molar-refractivity contribution in [2.75, 3.05) is 22.7 Å². The predicted molar refractivity (Wildman–Crippen MR) is 111 cm³/mol. The SMILES string of the molecule is Cc1cc(N)ncc1-n1ncc(C(=O)Nc2cnc(N3N=CCN3)c(C#N)c2)c1C(F)(F)F. The number of anilines is 3. The van der Waals surface area contributed by atoms with Gasteiger partial charge in [-0.25, -0.2) is 20.1 Å². The van der Waals surface area contributed by atoms with Crippen molar-refractivity contribution < 1.29 is 18.0 Å². The van der Waals surface area contributed by atoms with E-state index in [4.69, 9.17) is 5.73 Å². The number of halogens is 3. The summed E-state index contributed by atoms with van der Waals surface area (Å²) < 4.78 is 42.3. The van der Waals surface area contributed by atoms with Gasteiger partial charge in [0.2, 0.25) is 0 Å². The zero-order valence-corrected chi connectivity index (χ0v) is 16.9. The molecule has 0 aliphatic carbocycles. The summed E-state index contributed by atoms with van der Waals surface area (Å²) in [5.41, 5.74) is 6.90. The van der Waals surface area contributed by atoms with E-state index in [1.807, 2.05) is 6.07 Å². The molecular weight excluding hydrogens is 441 g/mol. The second-order valence-corrected chi connectivity index (χ2v) is 6.85. The lowest BCUT2D eigenvalue weighted by atomic mass is 10.2. The van der Waals surface area contributed by atoms with Crippen LogP contribution in [-0.4, -0.2) is 38.4 Å². The molecule has 0 bridgehead atoms. The van der Waals surface area contributed by atoms with Gasteiger partial charge < -0.3 is 11.1 Å². The van der Waals surface area contributed by atoms with Crippen LogP contribution in [-0.2, 0) is 6.18 Å². The third-order valence-corrected chi connectivity index (χ3v) is 4.59. The van der Waals surface area contributed by atoms with Crippen molar-refractivity contribution in [2.45, 2.75) is 13.1 Å². The molecule has 4 N–H and O–H groups in total. The molecule has 4 rings (SSSR count). The van der Waals surface area contributed by atoms with Gasteiger partial charge in [0, 0.05) is 6.21 Å². The number of nitrogens with one attached hydrogen (secondary N) is 2. The van der Waals surface area contributed by atoms with Crippen molar-refractivity contribution in [2.24, 2.45) is 5.10 Å². The number of hydrogen-bond donors (Lipinski definition) is 3. The van der Waals surface area contributed by atoms with Gasteiger partial charge in [-0.1, -0.05) is 0 Å². The summed E-state index contributed by atoms with van der Waals surface area (Å²) in [7, 11) is 0. The zero-order chi connectivity index (χ0) is 23.8. The number of carbonyl (C=O) groups excluding carboxylic acids is 1. The first-order valence-electron chi connectivity index (χ1n) is 9.34. The number of rotatable bonds is 4. The van der Waals surface area contributed by atoms with Gasteiger partial charge in [-0.2, -0.15) is 33.8 Å². The molecule has 11 nitrogen and oxygen atoms in total. The number of pyridine rings is 2. The Morgan fingerprint density at radius 2 is 2.06 bits per heavy atom. The molecule has 3 aromatic heterocycles. The van der Waals surface area contributed by atoms with E-state index in [0.717, 1.165) is 12.4 Å². The highest BCUT2D eigenvalue weighted by atomic mass is 19.4. The minimum absolute atomic E-state index is 0.0204. The first kappa shape index (κ1) is 21.7. The van der Waals surface area contributed by atoms with Crippen LogP contribution in [0.2, 0.25) is 0 Å². The number of alkyl halides is 3. The maximum Gasteiger partial charge on any atom is 0.434 e. The molecule has 1 aliphatic rings. The van der Waals surface area contributed by atoms with Crippen LogP contribution < -0.4 is 21.6 Å². The number of hydrazone groups is 1. The fraction of sp³-hybridized carbons (Fsp3) is 0.158. The van der Waals surface area contributed by atoms with Crippen LogP contribution in [0.5, 0.6) is 0 Å². The van der Waals surface area contributed by atoms with Crippen molar-refractivity contribution in [3.8, 4) is 11.8 Å². The van der Waals surface area contributed by atoms with E-state index >= 15 is 0 Å². The second-order valence-electron chi connectivity index (χ2n) is 6.85. The van der Waals surface area contributed by atoms with Crippen molar-refractivity contribution in [3.05, 3.63) is 53.1 Å². The Labute approximate surface area is 184 Å². The van der Waals surface area contributed by atoms with Crippen molar-refractivity contribution in [3.63, 3.8) is 0 Å². The zero-order valence-electron chi connectivity index (χ0n) is 16.9. The summed E-state index contributed by atoms with van der Waals surface area (Å²) in [5, 5.41) is 20.7. The summed E-state index contributed by atoms with van der Waals surface area (Å²) in [6, 6.07) is 4.59. The molecule has 0 spiro atoms. The molecule has 3 aromatic rings. The van der Waals surface area contributed by atoms with Gasteiger partial charge in [0.25, 0.3) is 5.91 Å². The molecule has 1 amide bonds. The Morgan fingerprint density at radius 3 is 2.70 bits per heavy atom. The average Bonchev–Trinajstić information content (AvgIpc) is 3.43. The number of nitrogens with two attached hydrogens (primary N) is 1. The number of aromatic nitrogens is 4. The standard InChI is InChI=1S/C19H15F3N10O/c1-10-4-15(24)25-9-14(10)31-16(19(20,21)22)13(8-29-31)18(33)30-12-5-11(6-23)17(26-7-12)32-27-2-3-28-32/h2,4-5,7-9,28H,3H2,1H3,(H2,24,25)(H,30,33). The highest BCUT2D eigenvalue weighted by Crippen LogP contribution is 2.34. The number of nitrogens with zero attached hydrogens (tertiary/aromatic N) is 7. The van der Waals surface area contributed by atoms with Crippen molar-refractivity contribution in [1.29, 1.82) is 5.26 Å².